The summed E-state index contributed by atoms with van der Waals surface area (Å²) in [6, 6.07) is 8.55. The quantitative estimate of drug-likeness (QED) is 0.535. The van der Waals surface area contributed by atoms with Crippen molar-refractivity contribution in [2.45, 2.75) is 50.3 Å². The summed E-state index contributed by atoms with van der Waals surface area (Å²) in [5.41, 5.74) is 1.78. The standard InChI is InChI=1S/C21H30FN5OS/c1-3-29(28)20-6-4-5-18(15-20)25-21(23-2)24-13-11-17-12-14-27(26-17)19-9-7-16(22)8-10-19/h7-10,12,14,18,20H,3-6,11,13,15H2,1-2H3,(H2,23,24,25). The van der Waals surface area contributed by atoms with Gasteiger partial charge in [-0.3, -0.25) is 9.20 Å². The maximum atomic E-state index is 13.1. The Morgan fingerprint density at radius 2 is 2.10 bits per heavy atom. The Morgan fingerprint density at radius 1 is 1.31 bits per heavy atom. The topological polar surface area (TPSA) is 71.3 Å². The highest BCUT2D eigenvalue weighted by molar-refractivity contribution is 7.85. The molecule has 0 radical (unpaired) electrons. The molecule has 3 unspecified atom stereocenters. The van der Waals surface area contributed by atoms with Gasteiger partial charge in [0.2, 0.25) is 0 Å². The van der Waals surface area contributed by atoms with Crippen LogP contribution < -0.4 is 10.6 Å². The van der Waals surface area contributed by atoms with E-state index in [0.717, 1.165) is 55.2 Å². The second-order valence-electron chi connectivity index (χ2n) is 7.28. The monoisotopic (exact) mass is 419 g/mol. The number of halogens is 1. The Hall–Kier alpha value is -2.22. The second kappa shape index (κ2) is 10.5. The van der Waals surface area contributed by atoms with Crippen molar-refractivity contribution in [1.29, 1.82) is 0 Å². The van der Waals surface area contributed by atoms with Gasteiger partial charge < -0.3 is 10.6 Å². The minimum absolute atomic E-state index is 0.255. The van der Waals surface area contributed by atoms with E-state index >= 15 is 0 Å². The van der Waals surface area contributed by atoms with Crippen molar-refractivity contribution in [3.8, 4) is 5.69 Å². The molecule has 0 saturated heterocycles. The molecule has 0 bridgehead atoms. The number of aromatic nitrogens is 2. The molecule has 1 heterocycles. The summed E-state index contributed by atoms with van der Waals surface area (Å²) in [7, 11) is 1.04. The zero-order valence-corrected chi connectivity index (χ0v) is 17.9. The number of hydrogen-bond donors (Lipinski definition) is 2. The van der Waals surface area contributed by atoms with Crippen LogP contribution in [-0.2, 0) is 17.2 Å². The van der Waals surface area contributed by atoms with Gasteiger partial charge in [-0.25, -0.2) is 9.07 Å². The minimum atomic E-state index is -0.728. The molecule has 6 nitrogen and oxygen atoms in total. The van der Waals surface area contributed by atoms with Crippen LogP contribution in [0.25, 0.3) is 5.69 Å². The molecule has 0 aliphatic heterocycles. The van der Waals surface area contributed by atoms with Crippen LogP contribution in [-0.4, -0.2) is 50.6 Å². The van der Waals surface area contributed by atoms with Gasteiger partial charge in [-0.15, -0.1) is 0 Å². The van der Waals surface area contributed by atoms with Gasteiger partial charge in [0.15, 0.2) is 5.96 Å². The highest BCUT2D eigenvalue weighted by Gasteiger charge is 2.25. The molecule has 1 aliphatic carbocycles. The summed E-state index contributed by atoms with van der Waals surface area (Å²) in [6.45, 7) is 2.70. The zero-order chi connectivity index (χ0) is 20.6. The van der Waals surface area contributed by atoms with Gasteiger partial charge in [-0.2, -0.15) is 5.10 Å². The smallest absolute Gasteiger partial charge is 0.191 e. The fourth-order valence-electron chi connectivity index (χ4n) is 3.68. The lowest BCUT2D eigenvalue weighted by molar-refractivity contribution is 0.413. The van der Waals surface area contributed by atoms with E-state index in [4.69, 9.17) is 0 Å². The van der Waals surface area contributed by atoms with Crippen molar-refractivity contribution < 1.29 is 8.60 Å². The second-order valence-corrected chi connectivity index (χ2v) is 9.28. The van der Waals surface area contributed by atoms with Gasteiger partial charge in [0.05, 0.1) is 11.4 Å². The van der Waals surface area contributed by atoms with Crippen LogP contribution in [0.2, 0.25) is 0 Å². The summed E-state index contributed by atoms with van der Waals surface area (Å²) >= 11 is 0. The number of benzene rings is 1. The van der Waals surface area contributed by atoms with Crippen LogP contribution in [0.1, 0.15) is 38.3 Å². The van der Waals surface area contributed by atoms with E-state index in [1.807, 2.05) is 19.2 Å². The zero-order valence-electron chi connectivity index (χ0n) is 17.1. The van der Waals surface area contributed by atoms with Gasteiger partial charge in [0.25, 0.3) is 0 Å². The Bertz CT molecular complexity index is 836. The van der Waals surface area contributed by atoms with Crippen molar-refractivity contribution in [2.24, 2.45) is 4.99 Å². The van der Waals surface area contributed by atoms with Crippen molar-refractivity contribution in [2.75, 3.05) is 19.3 Å². The summed E-state index contributed by atoms with van der Waals surface area (Å²) < 4.78 is 26.9. The van der Waals surface area contributed by atoms with Gasteiger partial charge in [0.1, 0.15) is 5.82 Å². The number of hydrogen-bond acceptors (Lipinski definition) is 3. The third kappa shape index (κ3) is 6.13. The average molecular weight is 420 g/mol. The summed E-state index contributed by atoms with van der Waals surface area (Å²) in [5.74, 6) is 1.25. The Morgan fingerprint density at radius 3 is 2.83 bits per heavy atom. The first kappa shape index (κ1) is 21.5. The average Bonchev–Trinajstić information content (AvgIpc) is 3.22. The molecule has 8 heteroatoms. The van der Waals surface area contributed by atoms with Crippen LogP contribution in [0.5, 0.6) is 0 Å². The summed E-state index contributed by atoms with van der Waals surface area (Å²) in [5, 5.41) is 11.7. The van der Waals surface area contributed by atoms with E-state index < -0.39 is 10.8 Å². The van der Waals surface area contributed by atoms with Crippen LogP contribution in [0.15, 0.2) is 41.5 Å². The molecule has 0 spiro atoms. The predicted molar refractivity (Wildman–Crippen MR) is 116 cm³/mol. The molecule has 2 N–H and O–H groups in total. The van der Waals surface area contributed by atoms with Gasteiger partial charge in [0, 0.05) is 54.1 Å². The minimum Gasteiger partial charge on any atom is -0.356 e. The molecule has 1 saturated carbocycles. The molecule has 1 aromatic carbocycles. The molecule has 1 fully saturated rings. The predicted octanol–water partition coefficient (Wildman–Crippen LogP) is 2.80. The van der Waals surface area contributed by atoms with E-state index in [1.165, 1.54) is 12.1 Å². The van der Waals surface area contributed by atoms with Crippen molar-refractivity contribution in [3.05, 3.63) is 48.0 Å². The van der Waals surface area contributed by atoms with E-state index in [1.54, 1.807) is 23.9 Å². The van der Waals surface area contributed by atoms with Crippen molar-refractivity contribution >= 4 is 16.8 Å². The summed E-state index contributed by atoms with van der Waals surface area (Å²) in [4.78, 5) is 4.32. The molecule has 29 heavy (non-hydrogen) atoms. The number of aliphatic imine (C=N–C) groups is 1. The van der Waals surface area contributed by atoms with Crippen molar-refractivity contribution in [1.82, 2.24) is 20.4 Å². The van der Waals surface area contributed by atoms with Gasteiger partial charge in [-0.05, 0) is 49.6 Å². The molecule has 2 aromatic rings. The molecule has 158 valence electrons. The molecule has 0 amide bonds. The number of rotatable bonds is 7. The van der Waals surface area contributed by atoms with E-state index in [0.29, 0.717) is 17.8 Å². The molecule has 3 atom stereocenters. The van der Waals surface area contributed by atoms with E-state index in [-0.39, 0.29) is 5.82 Å². The number of nitrogens with zero attached hydrogens (tertiary/aromatic N) is 3. The van der Waals surface area contributed by atoms with E-state index in [9.17, 15) is 8.60 Å². The first-order valence-corrected chi connectivity index (χ1v) is 11.6. The normalized spacial score (nSPS) is 21.0. The highest BCUT2D eigenvalue weighted by atomic mass is 32.2. The lowest BCUT2D eigenvalue weighted by Gasteiger charge is -2.30. The molecular formula is C21H30FN5OS. The van der Waals surface area contributed by atoms with Crippen molar-refractivity contribution in [3.63, 3.8) is 0 Å². The lowest BCUT2D eigenvalue weighted by atomic mass is 9.95. The molecule has 1 aromatic heterocycles. The Labute approximate surface area is 174 Å². The number of guanidine groups is 1. The third-order valence-corrected chi connectivity index (χ3v) is 7.00. The third-order valence-electron chi connectivity index (χ3n) is 5.26. The van der Waals surface area contributed by atoms with E-state index in [2.05, 4.69) is 20.7 Å². The Kier molecular flexibility index (Phi) is 7.80. The van der Waals surface area contributed by atoms with Crippen LogP contribution >= 0.6 is 0 Å². The van der Waals surface area contributed by atoms with Crippen LogP contribution in [0, 0.1) is 5.82 Å². The maximum absolute atomic E-state index is 13.1. The SMILES string of the molecule is CCS(=O)C1CCCC(NC(=NC)NCCc2ccn(-c3ccc(F)cc3)n2)C1. The number of nitrogens with one attached hydrogen (secondary N) is 2. The van der Waals surface area contributed by atoms with Gasteiger partial charge >= 0.3 is 0 Å². The fraction of sp³-hybridized carbons (Fsp3) is 0.524. The molecular weight excluding hydrogens is 389 g/mol. The molecule has 1 aliphatic rings. The highest BCUT2D eigenvalue weighted by Crippen LogP contribution is 2.23. The largest absolute Gasteiger partial charge is 0.356 e. The first-order chi connectivity index (χ1) is 14.1. The maximum Gasteiger partial charge on any atom is 0.191 e. The first-order valence-electron chi connectivity index (χ1n) is 10.2. The fourth-order valence-corrected chi connectivity index (χ4v) is 5.03. The molecule has 3 rings (SSSR count). The van der Waals surface area contributed by atoms with Crippen LogP contribution in [0.4, 0.5) is 4.39 Å². The van der Waals surface area contributed by atoms with Crippen LogP contribution in [0.3, 0.4) is 0 Å². The lowest BCUT2D eigenvalue weighted by Crippen LogP contribution is -2.47. The van der Waals surface area contributed by atoms with Gasteiger partial charge in [-0.1, -0.05) is 13.3 Å². The summed E-state index contributed by atoms with van der Waals surface area (Å²) in [6.07, 6.45) is 6.81. The Balaban J connectivity index is 1.46.